The molecule has 0 bridgehead atoms. The number of hydrogen-bond donors (Lipinski definition) is 1. The van der Waals surface area contributed by atoms with Gasteiger partial charge in [-0.2, -0.15) is 27.5 Å². The van der Waals surface area contributed by atoms with Crippen LogP contribution in [0.1, 0.15) is 11.5 Å². The van der Waals surface area contributed by atoms with Crippen LogP contribution in [0.15, 0.2) is 53.3 Å². The third-order valence-corrected chi connectivity index (χ3v) is 5.59. The largest absolute Gasteiger partial charge is 0.399 e. The Morgan fingerprint density at radius 3 is 2.43 bits per heavy atom. The summed E-state index contributed by atoms with van der Waals surface area (Å²) in [5.41, 5.74) is 6.88. The van der Waals surface area contributed by atoms with E-state index in [9.17, 15) is 15.8 Å². The zero-order valence-corrected chi connectivity index (χ0v) is 13.2. The summed E-state index contributed by atoms with van der Waals surface area (Å²) in [5, 5.41) is 29.2. The Labute approximate surface area is 139 Å². The highest BCUT2D eigenvalue weighted by molar-refractivity contribution is 7.99. The number of allylic oxidation sites excluding steroid dienone is 3. The highest BCUT2D eigenvalue weighted by atomic mass is 32.2. The van der Waals surface area contributed by atoms with Crippen molar-refractivity contribution >= 4 is 11.8 Å². The second kappa shape index (κ2) is 5.84. The zero-order valence-electron chi connectivity index (χ0n) is 12.4. The molecule has 2 atom stereocenters. The van der Waals surface area contributed by atoms with E-state index >= 15 is 0 Å². The van der Waals surface area contributed by atoms with Crippen molar-refractivity contribution in [2.45, 2.75) is 5.92 Å². The van der Waals surface area contributed by atoms with Gasteiger partial charge < -0.3 is 5.73 Å². The molecule has 2 aliphatic rings. The first-order valence-electron chi connectivity index (χ1n) is 7.25. The predicted octanol–water partition coefficient (Wildman–Crippen LogP) is 2.84. The minimum atomic E-state index is -1.51. The molecule has 0 saturated heterocycles. The van der Waals surface area contributed by atoms with E-state index in [-0.39, 0.29) is 17.5 Å². The molecule has 112 valence electrons. The summed E-state index contributed by atoms with van der Waals surface area (Å²) in [6.07, 6.45) is 2.01. The van der Waals surface area contributed by atoms with Crippen LogP contribution < -0.4 is 5.73 Å². The van der Waals surface area contributed by atoms with Gasteiger partial charge in [0, 0.05) is 23.3 Å². The molecule has 0 aromatic heterocycles. The second-order valence-electron chi connectivity index (χ2n) is 5.62. The maximum Gasteiger partial charge on any atom is 0.191 e. The molecule has 23 heavy (non-hydrogen) atoms. The lowest BCUT2D eigenvalue weighted by atomic mass is 9.59. The molecule has 0 radical (unpaired) electrons. The molecule has 4 nitrogen and oxygen atoms in total. The van der Waals surface area contributed by atoms with Crippen molar-refractivity contribution in [3.05, 3.63) is 58.8 Å². The monoisotopic (exact) mass is 318 g/mol. The van der Waals surface area contributed by atoms with E-state index in [4.69, 9.17) is 5.73 Å². The summed E-state index contributed by atoms with van der Waals surface area (Å²) in [4.78, 5) is 0. The van der Waals surface area contributed by atoms with Gasteiger partial charge in [-0.25, -0.2) is 0 Å². The lowest BCUT2D eigenvalue weighted by Crippen LogP contribution is -2.43. The molecule has 1 heterocycles. The van der Waals surface area contributed by atoms with Gasteiger partial charge in [0.25, 0.3) is 0 Å². The third kappa shape index (κ3) is 2.12. The molecule has 0 spiro atoms. The van der Waals surface area contributed by atoms with Gasteiger partial charge in [-0.15, -0.1) is 0 Å². The van der Waals surface area contributed by atoms with Gasteiger partial charge in [-0.3, -0.25) is 0 Å². The highest BCUT2D eigenvalue weighted by Crippen LogP contribution is 2.54. The zero-order chi connectivity index (χ0) is 16.4. The number of rotatable bonds is 1. The quantitative estimate of drug-likeness (QED) is 0.858. The van der Waals surface area contributed by atoms with Gasteiger partial charge in [0.1, 0.15) is 6.07 Å². The second-order valence-corrected chi connectivity index (χ2v) is 6.70. The molecule has 0 amide bonds. The maximum atomic E-state index is 9.82. The molecule has 1 aromatic carbocycles. The normalized spacial score (nSPS) is 25.3. The number of nitriles is 3. The molecule has 1 aromatic rings. The topological polar surface area (TPSA) is 97.4 Å². The van der Waals surface area contributed by atoms with Crippen molar-refractivity contribution < 1.29 is 0 Å². The molecule has 0 fully saturated rings. The van der Waals surface area contributed by atoms with E-state index in [1.165, 1.54) is 0 Å². The number of nitrogens with two attached hydrogens (primary N) is 1. The molecule has 0 unspecified atom stereocenters. The Morgan fingerprint density at radius 1 is 1.13 bits per heavy atom. The highest BCUT2D eigenvalue weighted by Gasteiger charge is 2.53. The third-order valence-electron chi connectivity index (χ3n) is 4.59. The average molecular weight is 318 g/mol. The maximum absolute atomic E-state index is 9.82. The minimum Gasteiger partial charge on any atom is -0.399 e. The fourth-order valence-electron chi connectivity index (χ4n) is 3.52. The first kappa shape index (κ1) is 15.2. The summed E-state index contributed by atoms with van der Waals surface area (Å²) in [7, 11) is 0. The molecule has 5 heteroatoms. The van der Waals surface area contributed by atoms with Crippen LogP contribution >= 0.6 is 11.8 Å². The van der Waals surface area contributed by atoms with Crippen molar-refractivity contribution in [3.63, 3.8) is 0 Å². The predicted molar refractivity (Wildman–Crippen MR) is 88.6 cm³/mol. The van der Waals surface area contributed by atoms with Crippen molar-refractivity contribution in [2.24, 2.45) is 17.1 Å². The SMILES string of the molecule is N#CC1=C(N)C(C#N)(C#N)[C@H](c2ccccc2)[C@@H]2CSCC=C12. The lowest BCUT2D eigenvalue weighted by Gasteiger charge is -2.43. The Balaban J connectivity index is 2.33. The molecule has 3 rings (SSSR count). The van der Waals surface area contributed by atoms with Crippen LogP contribution in [0, 0.1) is 45.3 Å². The van der Waals surface area contributed by atoms with Crippen LogP contribution in [0.2, 0.25) is 0 Å². The first-order chi connectivity index (χ1) is 11.2. The molecule has 0 saturated carbocycles. The minimum absolute atomic E-state index is 0.0580. The van der Waals surface area contributed by atoms with Crippen molar-refractivity contribution in [1.29, 1.82) is 15.8 Å². The van der Waals surface area contributed by atoms with Gasteiger partial charge in [0.15, 0.2) is 5.41 Å². The average Bonchev–Trinajstić information content (AvgIpc) is 2.61. The van der Waals surface area contributed by atoms with Gasteiger partial charge in [-0.1, -0.05) is 36.4 Å². The Kier molecular flexibility index (Phi) is 3.87. The van der Waals surface area contributed by atoms with Crippen molar-refractivity contribution in [1.82, 2.24) is 0 Å². The summed E-state index contributed by atoms with van der Waals surface area (Å²) in [5.74, 6) is 1.17. The molecule has 1 aliphatic heterocycles. The molecule has 2 N–H and O–H groups in total. The van der Waals surface area contributed by atoms with Crippen LogP contribution in [-0.4, -0.2) is 11.5 Å². The molecular formula is C18H14N4S. The van der Waals surface area contributed by atoms with E-state index in [0.29, 0.717) is 5.57 Å². The van der Waals surface area contributed by atoms with Gasteiger partial charge in [0.05, 0.1) is 23.4 Å². The van der Waals surface area contributed by atoms with Crippen LogP contribution in [0.4, 0.5) is 0 Å². The Hall–Kier alpha value is -2.68. The summed E-state index contributed by atoms with van der Waals surface area (Å²) < 4.78 is 0. The van der Waals surface area contributed by atoms with Crippen LogP contribution in [0.25, 0.3) is 0 Å². The number of fused-ring (bicyclic) bond motifs is 1. The van der Waals surface area contributed by atoms with Crippen LogP contribution in [0.3, 0.4) is 0 Å². The Bertz CT molecular complexity index is 803. The van der Waals surface area contributed by atoms with E-state index in [2.05, 4.69) is 18.2 Å². The van der Waals surface area contributed by atoms with Crippen LogP contribution in [0.5, 0.6) is 0 Å². The van der Waals surface area contributed by atoms with E-state index < -0.39 is 5.41 Å². The fourth-order valence-corrected chi connectivity index (χ4v) is 4.58. The number of nitrogens with zero attached hydrogens (tertiary/aromatic N) is 3. The van der Waals surface area contributed by atoms with Crippen molar-refractivity contribution in [2.75, 3.05) is 11.5 Å². The van der Waals surface area contributed by atoms with Crippen LogP contribution in [-0.2, 0) is 0 Å². The van der Waals surface area contributed by atoms with Gasteiger partial charge >= 0.3 is 0 Å². The van der Waals surface area contributed by atoms with Crippen molar-refractivity contribution in [3.8, 4) is 18.2 Å². The lowest BCUT2D eigenvalue weighted by molar-refractivity contribution is 0.368. The van der Waals surface area contributed by atoms with Gasteiger partial charge in [-0.05, 0) is 11.1 Å². The summed E-state index contributed by atoms with van der Waals surface area (Å²) in [6, 6.07) is 15.9. The fraction of sp³-hybridized carbons (Fsp3) is 0.278. The van der Waals surface area contributed by atoms with E-state index in [0.717, 1.165) is 22.6 Å². The number of benzene rings is 1. The molecule has 1 aliphatic carbocycles. The smallest absolute Gasteiger partial charge is 0.191 e. The standard InChI is InChI=1S/C18H14N4S/c19-8-14-13-6-7-23-9-15(13)16(12-4-2-1-3-5-12)18(10-20,11-21)17(14)22/h1-6,15-16H,7,9,22H2/t15-,16-/m1/s1. The van der Waals surface area contributed by atoms with E-state index in [1.54, 1.807) is 11.8 Å². The number of thioether (sulfide) groups is 1. The number of hydrogen-bond acceptors (Lipinski definition) is 5. The van der Waals surface area contributed by atoms with Gasteiger partial charge in [0.2, 0.25) is 0 Å². The summed E-state index contributed by atoms with van der Waals surface area (Å²) >= 11 is 1.75. The Morgan fingerprint density at radius 2 is 1.83 bits per heavy atom. The van der Waals surface area contributed by atoms with E-state index in [1.807, 2.05) is 36.4 Å². The summed E-state index contributed by atoms with van der Waals surface area (Å²) in [6.45, 7) is 0. The first-order valence-corrected chi connectivity index (χ1v) is 8.41. The molecular weight excluding hydrogens is 304 g/mol.